The van der Waals surface area contributed by atoms with Crippen LogP contribution in [0.2, 0.25) is 0 Å². The van der Waals surface area contributed by atoms with Crippen molar-refractivity contribution < 1.29 is 5.21 Å². The van der Waals surface area contributed by atoms with Gasteiger partial charge in [0.15, 0.2) is 5.84 Å². The van der Waals surface area contributed by atoms with Gasteiger partial charge >= 0.3 is 0 Å². The first kappa shape index (κ1) is 15.0. The van der Waals surface area contributed by atoms with Gasteiger partial charge in [-0.05, 0) is 29.8 Å². The second kappa shape index (κ2) is 5.92. The van der Waals surface area contributed by atoms with E-state index < -0.39 is 5.54 Å². The summed E-state index contributed by atoms with van der Waals surface area (Å²) >= 11 is 3.47. The van der Waals surface area contributed by atoms with Crippen LogP contribution in [-0.4, -0.2) is 57.6 Å². The summed E-state index contributed by atoms with van der Waals surface area (Å²) in [6, 6.07) is 0. The molecule has 7 nitrogen and oxygen atoms in total. The molecule has 0 amide bonds. The summed E-state index contributed by atoms with van der Waals surface area (Å²) in [6.45, 7) is 7.21. The van der Waals surface area contributed by atoms with Crippen molar-refractivity contribution in [1.82, 2.24) is 14.9 Å². The molecule has 2 heterocycles. The monoisotopic (exact) mass is 342 g/mol. The van der Waals surface area contributed by atoms with E-state index in [0.29, 0.717) is 0 Å². The summed E-state index contributed by atoms with van der Waals surface area (Å²) in [5, 5.41) is 12.0. The molecule has 0 bridgehead atoms. The highest BCUT2D eigenvalue weighted by Gasteiger charge is 2.34. The Kier molecular flexibility index (Phi) is 4.44. The average molecular weight is 343 g/mol. The number of halogens is 1. The molecule has 1 aliphatic rings. The lowest BCUT2D eigenvalue weighted by atomic mass is 10.0. The summed E-state index contributed by atoms with van der Waals surface area (Å²) in [7, 11) is 0. The zero-order valence-corrected chi connectivity index (χ0v) is 13.2. The number of rotatable bonds is 3. The Hall–Kier alpha value is -1.41. The molecule has 2 rings (SSSR count). The van der Waals surface area contributed by atoms with Crippen molar-refractivity contribution in [3.63, 3.8) is 0 Å². The van der Waals surface area contributed by atoms with E-state index in [1.54, 1.807) is 12.5 Å². The molecule has 0 saturated carbocycles. The minimum absolute atomic E-state index is 0.231. The molecule has 0 spiro atoms. The second-order valence-electron chi connectivity index (χ2n) is 5.21. The van der Waals surface area contributed by atoms with Crippen LogP contribution in [0.3, 0.4) is 0 Å². The number of hydrogen-bond acceptors (Lipinski definition) is 6. The number of nitrogens with zero attached hydrogens (tertiary/aromatic N) is 5. The van der Waals surface area contributed by atoms with E-state index in [0.717, 1.165) is 36.5 Å². The van der Waals surface area contributed by atoms with Crippen molar-refractivity contribution in [3.05, 3.63) is 17.0 Å². The Balaban J connectivity index is 2.05. The lowest BCUT2D eigenvalue weighted by Crippen LogP contribution is -2.60. The van der Waals surface area contributed by atoms with Gasteiger partial charge in [0.1, 0.15) is 12.1 Å². The van der Waals surface area contributed by atoms with Crippen LogP contribution < -0.4 is 10.6 Å². The minimum Gasteiger partial charge on any atom is -0.409 e. The standard InChI is InChI=1S/C12H19BrN6O/c1-12(2,11(14)17-20)19-5-3-18(4-6-19)10-9(13)7-15-8-16-10/h7-8,20H,3-6H2,1-2H3,(H2,14,17). The Morgan fingerprint density at radius 3 is 2.60 bits per heavy atom. The normalized spacial score (nSPS) is 18.4. The van der Waals surface area contributed by atoms with Crippen molar-refractivity contribution in [2.24, 2.45) is 10.9 Å². The fourth-order valence-electron chi connectivity index (χ4n) is 2.30. The molecule has 1 aromatic heterocycles. The molecular formula is C12H19BrN6O. The fourth-order valence-corrected chi connectivity index (χ4v) is 2.77. The first-order valence-electron chi connectivity index (χ1n) is 6.40. The maximum atomic E-state index is 8.87. The number of oxime groups is 1. The van der Waals surface area contributed by atoms with E-state index in [4.69, 9.17) is 10.9 Å². The Bertz CT molecular complexity index is 498. The quantitative estimate of drug-likeness (QED) is 0.367. The molecule has 1 saturated heterocycles. The molecule has 110 valence electrons. The maximum absolute atomic E-state index is 8.87. The predicted molar refractivity (Wildman–Crippen MR) is 81.0 cm³/mol. The third-order valence-corrected chi connectivity index (χ3v) is 4.31. The number of aromatic nitrogens is 2. The van der Waals surface area contributed by atoms with Crippen molar-refractivity contribution in [1.29, 1.82) is 0 Å². The van der Waals surface area contributed by atoms with Crippen molar-refractivity contribution in [3.8, 4) is 0 Å². The first-order chi connectivity index (χ1) is 9.46. The number of anilines is 1. The van der Waals surface area contributed by atoms with Crippen LogP contribution >= 0.6 is 15.9 Å². The van der Waals surface area contributed by atoms with Crippen LogP contribution in [0.25, 0.3) is 0 Å². The smallest absolute Gasteiger partial charge is 0.159 e. The minimum atomic E-state index is -0.455. The van der Waals surface area contributed by atoms with Crippen LogP contribution in [-0.2, 0) is 0 Å². The molecule has 1 fully saturated rings. The number of piperazine rings is 1. The number of nitrogens with two attached hydrogens (primary N) is 1. The summed E-state index contributed by atoms with van der Waals surface area (Å²) < 4.78 is 0.893. The third-order valence-electron chi connectivity index (χ3n) is 3.75. The summed E-state index contributed by atoms with van der Waals surface area (Å²) in [6.07, 6.45) is 3.29. The lowest BCUT2D eigenvalue weighted by molar-refractivity contribution is 0.161. The molecule has 0 radical (unpaired) electrons. The van der Waals surface area contributed by atoms with Gasteiger partial charge in [0.2, 0.25) is 0 Å². The topological polar surface area (TPSA) is 90.9 Å². The molecule has 0 atom stereocenters. The van der Waals surface area contributed by atoms with E-state index in [2.05, 4.69) is 40.9 Å². The molecule has 3 N–H and O–H groups in total. The van der Waals surface area contributed by atoms with E-state index in [1.165, 1.54) is 0 Å². The number of amidine groups is 1. The van der Waals surface area contributed by atoms with Gasteiger partial charge in [-0.3, -0.25) is 4.90 Å². The van der Waals surface area contributed by atoms with Crippen LogP contribution in [0.4, 0.5) is 5.82 Å². The molecule has 1 aliphatic heterocycles. The van der Waals surface area contributed by atoms with Gasteiger partial charge < -0.3 is 15.8 Å². The Morgan fingerprint density at radius 2 is 2.05 bits per heavy atom. The van der Waals surface area contributed by atoms with E-state index >= 15 is 0 Å². The second-order valence-corrected chi connectivity index (χ2v) is 6.07. The van der Waals surface area contributed by atoms with Crippen LogP contribution in [0.5, 0.6) is 0 Å². The summed E-state index contributed by atoms with van der Waals surface area (Å²) in [4.78, 5) is 12.7. The van der Waals surface area contributed by atoms with Crippen molar-refractivity contribution in [2.45, 2.75) is 19.4 Å². The molecule has 0 aromatic carbocycles. The zero-order chi connectivity index (χ0) is 14.8. The van der Waals surface area contributed by atoms with E-state index in [9.17, 15) is 0 Å². The summed E-state index contributed by atoms with van der Waals surface area (Å²) in [5.41, 5.74) is 5.31. The Labute approximate surface area is 126 Å². The molecule has 0 unspecified atom stereocenters. The van der Waals surface area contributed by atoms with Crippen LogP contribution in [0, 0.1) is 0 Å². The SMILES string of the molecule is CC(C)(C(N)=NO)N1CCN(c2ncncc2Br)CC1. The summed E-state index contributed by atoms with van der Waals surface area (Å²) in [5.74, 6) is 1.13. The largest absolute Gasteiger partial charge is 0.409 e. The van der Waals surface area contributed by atoms with Gasteiger partial charge in [-0.1, -0.05) is 5.16 Å². The molecule has 0 aliphatic carbocycles. The Morgan fingerprint density at radius 1 is 1.40 bits per heavy atom. The van der Waals surface area contributed by atoms with Gasteiger partial charge in [-0.15, -0.1) is 0 Å². The zero-order valence-electron chi connectivity index (χ0n) is 11.6. The fraction of sp³-hybridized carbons (Fsp3) is 0.583. The van der Waals surface area contributed by atoms with Crippen molar-refractivity contribution >= 4 is 27.6 Å². The van der Waals surface area contributed by atoms with Crippen LogP contribution in [0.15, 0.2) is 22.2 Å². The predicted octanol–water partition coefficient (Wildman–Crippen LogP) is 0.886. The number of hydrogen-bond donors (Lipinski definition) is 2. The molecule has 1 aromatic rings. The molecular weight excluding hydrogens is 324 g/mol. The van der Waals surface area contributed by atoms with Crippen LogP contribution in [0.1, 0.15) is 13.8 Å². The van der Waals surface area contributed by atoms with Crippen molar-refractivity contribution in [2.75, 3.05) is 31.1 Å². The molecule has 8 heteroatoms. The highest BCUT2D eigenvalue weighted by atomic mass is 79.9. The lowest BCUT2D eigenvalue weighted by Gasteiger charge is -2.43. The highest BCUT2D eigenvalue weighted by molar-refractivity contribution is 9.10. The van der Waals surface area contributed by atoms with Gasteiger partial charge in [-0.25, -0.2) is 9.97 Å². The average Bonchev–Trinajstić information content (AvgIpc) is 2.47. The maximum Gasteiger partial charge on any atom is 0.159 e. The van der Waals surface area contributed by atoms with E-state index in [1.807, 2.05) is 13.8 Å². The van der Waals surface area contributed by atoms with Gasteiger partial charge in [0.05, 0.1) is 10.0 Å². The molecule has 20 heavy (non-hydrogen) atoms. The first-order valence-corrected chi connectivity index (χ1v) is 7.19. The van der Waals surface area contributed by atoms with Gasteiger partial charge in [-0.2, -0.15) is 0 Å². The third kappa shape index (κ3) is 2.85. The van der Waals surface area contributed by atoms with E-state index in [-0.39, 0.29) is 5.84 Å². The highest BCUT2D eigenvalue weighted by Crippen LogP contribution is 2.25. The van der Waals surface area contributed by atoms with Gasteiger partial charge in [0, 0.05) is 32.4 Å². The van der Waals surface area contributed by atoms with Gasteiger partial charge in [0.25, 0.3) is 0 Å².